The van der Waals surface area contributed by atoms with E-state index in [-0.39, 0.29) is 0 Å². The van der Waals surface area contributed by atoms with Gasteiger partial charge in [0.05, 0.1) is 6.61 Å². The zero-order valence-corrected chi connectivity index (χ0v) is 14.1. The molecule has 4 unspecified atom stereocenters. The number of amides is 1. The minimum Gasteiger partial charge on any atom is -0.457 e. The van der Waals surface area contributed by atoms with E-state index in [9.17, 15) is 37.5 Å². The number of halogens is 3. The van der Waals surface area contributed by atoms with E-state index in [0.717, 1.165) is 26.1 Å². The van der Waals surface area contributed by atoms with Crippen LogP contribution in [0.4, 0.5) is 13.2 Å². The first kappa shape index (κ1) is 20.6. The molecule has 0 aliphatic carbocycles. The van der Waals surface area contributed by atoms with Crippen molar-refractivity contribution in [2.24, 2.45) is 0 Å². The van der Waals surface area contributed by atoms with Gasteiger partial charge in [-0.15, -0.1) is 0 Å². The summed E-state index contributed by atoms with van der Waals surface area (Å²) in [7, 11) is 0. The number of carbonyl (C=O) groups excluding carboxylic acids is 2. The second-order valence-electron chi connectivity index (χ2n) is 5.99. The molecule has 1 fully saturated rings. The first-order valence-corrected chi connectivity index (χ1v) is 7.54. The number of hydrogen-bond acceptors (Lipinski definition) is 7. The fourth-order valence-corrected chi connectivity index (χ4v) is 2.84. The van der Waals surface area contributed by atoms with Crippen LogP contribution >= 0.6 is 0 Å². The molecule has 0 saturated carbocycles. The van der Waals surface area contributed by atoms with Gasteiger partial charge >= 0.3 is 23.7 Å². The molecule has 1 aromatic heterocycles. The molecule has 1 amide bonds. The second kappa shape index (κ2) is 7.15. The molecule has 27 heavy (non-hydrogen) atoms. The van der Waals surface area contributed by atoms with Crippen LogP contribution < -0.4 is 16.6 Å². The van der Waals surface area contributed by atoms with Gasteiger partial charge in [-0.1, -0.05) is 0 Å². The van der Waals surface area contributed by atoms with Gasteiger partial charge in [0, 0.05) is 19.2 Å². The molecule has 3 N–H and O–H groups in total. The Bertz CT molecular complexity index is 849. The van der Waals surface area contributed by atoms with Gasteiger partial charge < -0.3 is 19.9 Å². The Balaban J connectivity index is 2.58. The lowest BCUT2D eigenvalue weighted by Crippen LogP contribution is -2.61. The van der Waals surface area contributed by atoms with Gasteiger partial charge in [0.1, 0.15) is 11.6 Å². The van der Waals surface area contributed by atoms with Gasteiger partial charge in [-0.3, -0.25) is 23.9 Å². The third kappa shape index (κ3) is 4.03. The van der Waals surface area contributed by atoms with Crippen molar-refractivity contribution in [3.05, 3.63) is 33.1 Å². The summed E-state index contributed by atoms with van der Waals surface area (Å²) in [4.78, 5) is 48.1. The molecule has 0 bridgehead atoms. The lowest BCUT2D eigenvalue weighted by Gasteiger charge is -2.35. The number of aromatic amines is 1. The third-order valence-corrected chi connectivity index (χ3v) is 3.96. The van der Waals surface area contributed by atoms with Gasteiger partial charge in [-0.2, -0.15) is 13.2 Å². The first-order chi connectivity index (χ1) is 12.4. The Morgan fingerprint density at radius 2 is 2.07 bits per heavy atom. The topological polar surface area (TPSA) is 140 Å². The summed E-state index contributed by atoms with van der Waals surface area (Å²) in [6, 6.07) is 0.907. The number of nitrogens with one attached hydrogen (secondary N) is 2. The molecular weight excluding hydrogens is 379 g/mol. The van der Waals surface area contributed by atoms with Gasteiger partial charge in [0.15, 0.2) is 12.3 Å². The summed E-state index contributed by atoms with van der Waals surface area (Å²) in [6.45, 7) is 1.24. The van der Waals surface area contributed by atoms with Crippen LogP contribution in [0.25, 0.3) is 0 Å². The number of nitrogens with zero attached hydrogens (tertiary/aromatic N) is 1. The highest BCUT2D eigenvalue weighted by atomic mass is 19.4. The normalized spacial score (nSPS) is 28.0. The summed E-state index contributed by atoms with van der Waals surface area (Å²) in [5.41, 5.74) is -3.92. The van der Waals surface area contributed by atoms with Crippen LogP contribution in [0.15, 0.2) is 21.9 Å². The quantitative estimate of drug-likeness (QED) is 0.544. The van der Waals surface area contributed by atoms with Crippen LogP contribution in [0.2, 0.25) is 0 Å². The maximum Gasteiger partial charge on any atom is 0.471 e. The average molecular weight is 395 g/mol. The molecule has 2 heterocycles. The monoisotopic (exact) mass is 395 g/mol. The highest BCUT2D eigenvalue weighted by Gasteiger charge is 2.59. The Hall–Kier alpha value is -2.67. The van der Waals surface area contributed by atoms with E-state index in [1.54, 1.807) is 5.32 Å². The maximum absolute atomic E-state index is 12.8. The summed E-state index contributed by atoms with van der Waals surface area (Å²) in [5, 5.41) is 11.1. The molecule has 13 heteroatoms. The van der Waals surface area contributed by atoms with Crippen LogP contribution in [0, 0.1) is 0 Å². The number of esters is 1. The van der Waals surface area contributed by atoms with E-state index in [1.165, 1.54) is 0 Å². The fourth-order valence-electron chi connectivity index (χ4n) is 2.84. The summed E-state index contributed by atoms with van der Waals surface area (Å²) < 4.78 is 49.4. The Kier molecular flexibility index (Phi) is 5.47. The van der Waals surface area contributed by atoms with Crippen molar-refractivity contribution in [1.29, 1.82) is 0 Å². The minimum absolute atomic E-state index is 0.713. The zero-order chi connectivity index (χ0) is 20.6. The van der Waals surface area contributed by atoms with Crippen molar-refractivity contribution in [1.82, 2.24) is 14.9 Å². The molecule has 0 aromatic carbocycles. The third-order valence-electron chi connectivity index (χ3n) is 3.96. The van der Waals surface area contributed by atoms with Gasteiger partial charge in [0.2, 0.25) is 0 Å². The summed E-state index contributed by atoms with van der Waals surface area (Å²) in [5.74, 6) is -3.28. The van der Waals surface area contributed by atoms with E-state index >= 15 is 0 Å². The number of rotatable bonds is 4. The largest absolute Gasteiger partial charge is 0.471 e. The molecule has 0 radical (unpaired) electrons. The lowest BCUT2D eigenvalue weighted by molar-refractivity contribution is -0.178. The molecule has 10 nitrogen and oxygen atoms in total. The molecule has 1 aromatic rings. The molecule has 4 atom stereocenters. The fraction of sp³-hybridized carbons (Fsp3) is 0.571. The molecule has 1 saturated heterocycles. The van der Waals surface area contributed by atoms with Crippen molar-refractivity contribution in [3.63, 3.8) is 0 Å². The molecule has 1 aliphatic heterocycles. The van der Waals surface area contributed by atoms with Crippen LogP contribution in [0.1, 0.15) is 20.1 Å². The van der Waals surface area contributed by atoms with Gasteiger partial charge in [-0.25, -0.2) is 4.79 Å². The van der Waals surface area contributed by atoms with E-state index in [1.807, 2.05) is 4.98 Å². The van der Waals surface area contributed by atoms with Crippen molar-refractivity contribution >= 4 is 11.9 Å². The second-order valence-corrected chi connectivity index (χ2v) is 5.99. The van der Waals surface area contributed by atoms with Crippen molar-refractivity contribution in [2.45, 2.75) is 44.0 Å². The van der Waals surface area contributed by atoms with Crippen LogP contribution in [0.5, 0.6) is 0 Å². The minimum atomic E-state index is -5.28. The molecule has 0 spiro atoms. The molecule has 2 rings (SSSR count). The van der Waals surface area contributed by atoms with Crippen LogP contribution in [-0.4, -0.2) is 57.1 Å². The van der Waals surface area contributed by atoms with Crippen molar-refractivity contribution in [2.75, 3.05) is 6.61 Å². The van der Waals surface area contributed by atoms with E-state index < -0.39 is 59.9 Å². The number of carbonyl (C=O) groups is 2. The van der Waals surface area contributed by atoms with Crippen LogP contribution in [-0.2, 0) is 19.1 Å². The van der Waals surface area contributed by atoms with E-state index in [4.69, 9.17) is 9.47 Å². The average Bonchev–Trinajstić information content (AvgIpc) is 2.79. The number of hydrogen-bond donors (Lipinski definition) is 3. The lowest BCUT2D eigenvalue weighted by atomic mass is 9.91. The van der Waals surface area contributed by atoms with E-state index in [2.05, 4.69) is 0 Å². The maximum atomic E-state index is 12.8. The number of aliphatic hydroxyl groups excluding tert-OH is 1. The predicted octanol–water partition coefficient (Wildman–Crippen LogP) is -1.20. The molecular formula is C14H16F3N3O7. The smallest absolute Gasteiger partial charge is 0.457 e. The number of alkyl halides is 3. The Morgan fingerprint density at radius 1 is 1.44 bits per heavy atom. The summed E-state index contributed by atoms with van der Waals surface area (Å²) in [6.07, 6.45) is -8.88. The summed E-state index contributed by atoms with van der Waals surface area (Å²) >= 11 is 0. The number of ether oxygens (including phenoxy) is 2. The van der Waals surface area contributed by atoms with Gasteiger partial charge in [0.25, 0.3) is 5.56 Å². The predicted molar refractivity (Wildman–Crippen MR) is 80.5 cm³/mol. The number of aliphatic hydroxyl groups is 1. The zero-order valence-electron chi connectivity index (χ0n) is 14.1. The highest BCUT2D eigenvalue weighted by Crippen LogP contribution is 2.40. The highest BCUT2D eigenvalue weighted by molar-refractivity contribution is 5.82. The SMILES string of the molecule is CC(=O)OC1C(CO)OC(n2ccc(=O)[nH]c2=O)C1(C)NC(=O)C(F)(F)F. The standard InChI is InChI=1S/C14H16F3N3O7/c1-6(22)26-9-7(5-21)27-11(20-4-3-8(23)18-12(20)25)13(9,2)19-10(24)14(15,16)17/h3-4,7,9,11,21H,5H2,1-2H3,(H,19,24)(H,18,23,25). The Morgan fingerprint density at radius 3 is 2.56 bits per heavy atom. The molecule has 1 aliphatic rings. The molecule has 150 valence electrons. The van der Waals surface area contributed by atoms with Crippen LogP contribution in [0.3, 0.4) is 0 Å². The van der Waals surface area contributed by atoms with E-state index in [0.29, 0.717) is 4.57 Å². The number of H-pyrrole nitrogens is 1. The van der Waals surface area contributed by atoms with Crippen molar-refractivity contribution < 1.29 is 37.3 Å². The van der Waals surface area contributed by atoms with Crippen molar-refractivity contribution in [3.8, 4) is 0 Å². The Labute approximate surface area is 148 Å². The first-order valence-electron chi connectivity index (χ1n) is 7.54. The number of aromatic nitrogens is 2. The van der Waals surface area contributed by atoms with Gasteiger partial charge in [-0.05, 0) is 6.92 Å².